The smallest absolute Gasteiger partial charge is 0.193 e. The van der Waals surface area contributed by atoms with E-state index in [4.69, 9.17) is 4.74 Å². The second kappa shape index (κ2) is 12.4. The van der Waals surface area contributed by atoms with E-state index in [1.165, 1.54) is 26.2 Å². The highest BCUT2D eigenvalue weighted by Crippen LogP contribution is 2.15. The summed E-state index contributed by atoms with van der Waals surface area (Å²) in [5, 5.41) is 3.66. The molecule has 0 aliphatic carbocycles. The van der Waals surface area contributed by atoms with E-state index in [1.807, 2.05) is 7.05 Å². The van der Waals surface area contributed by atoms with Crippen LogP contribution >= 0.6 is 24.0 Å². The van der Waals surface area contributed by atoms with Crippen LogP contribution in [-0.2, 0) is 4.74 Å². The van der Waals surface area contributed by atoms with Crippen molar-refractivity contribution < 1.29 is 4.74 Å². The number of piperidine rings is 1. The molecule has 0 aromatic rings. The third-order valence-electron chi connectivity index (χ3n) is 5.60. The van der Waals surface area contributed by atoms with Crippen LogP contribution < -0.4 is 5.32 Å². The molecule has 0 aromatic heterocycles. The van der Waals surface area contributed by atoms with E-state index in [9.17, 15) is 0 Å². The van der Waals surface area contributed by atoms with Crippen molar-refractivity contribution >= 4 is 29.9 Å². The molecule has 1 atom stereocenters. The SMILES string of the molecule is CCOC1CCN(C(=NC)NCC(C(C)C)N2CCN(C)CC2)CC1.I. The van der Waals surface area contributed by atoms with Crippen LogP contribution in [0.4, 0.5) is 0 Å². The monoisotopic (exact) mass is 481 g/mol. The zero-order chi connectivity index (χ0) is 18.2. The van der Waals surface area contributed by atoms with Gasteiger partial charge in [0, 0.05) is 65.5 Å². The summed E-state index contributed by atoms with van der Waals surface area (Å²) in [5.74, 6) is 1.69. The van der Waals surface area contributed by atoms with Gasteiger partial charge in [0.1, 0.15) is 0 Å². The summed E-state index contributed by atoms with van der Waals surface area (Å²) < 4.78 is 5.76. The zero-order valence-electron chi connectivity index (χ0n) is 17.4. The van der Waals surface area contributed by atoms with Crippen molar-refractivity contribution in [2.24, 2.45) is 10.9 Å². The molecule has 0 bridgehead atoms. The van der Waals surface area contributed by atoms with Gasteiger partial charge >= 0.3 is 0 Å². The van der Waals surface area contributed by atoms with Gasteiger partial charge in [-0.15, -0.1) is 24.0 Å². The first kappa shape index (κ1) is 23.9. The van der Waals surface area contributed by atoms with E-state index in [-0.39, 0.29) is 24.0 Å². The average molecular weight is 481 g/mol. The van der Waals surface area contributed by atoms with E-state index in [0.29, 0.717) is 18.1 Å². The molecule has 1 unspecified atom stereocenters. The van der Waals surface area contributed by atoms with Gasteiger partial charge in [-0.1, -0.05) is 13.8 Å². The first-order chi connectivity index (χ1) is 12.0. The third kappa shape index (κ3) is 7.13. The second-order valence-electron chi connectivity index (χ2n) is 7.72. The Bertz CT molecular complexity index is 405. The van der Waals surface area contributed by atoms with E-state index >= 15 is 0 Å². The van der Waals surface area contributed by atoms with Gasteiger partial charge in [-0.05, 0) is 32.7 Å². The molecule has 2 heterocycles. The standard InChI is InChI=1S/C19H39N5O.HI/c1-6-25-17-7-9-24(10-8-17)19(20-4)21-15-18(16(2)3)23-13-11-22(5)12-14-23;/h16-18H,6-15H2,1-5H3,(H,20,21);1H. The Morgan fingerprint density at radius 2 is 1.73 bits per heavy atom. The zero-order valence-corrected chi connectivity index (χ0v) is 19.7. The Balaban J connectivity index is 0.00000338. The molecule has 2 saturated heterocycles. The number of likely N-dealkylation sites (N-methyl/N-ethyl adjacent to an activating group) is 1. The molecule has 2 fully saturated rings. The Morgan fingerprint density at radius 1 is 1.12 bits per heavy atom. The van der Waals surface area contributed by atoms with Gasteiger partial charge in [0.25, 0.3) is 0 Å². The van der Waals surface area contributed by atoms with Crippen LogP contribution in [0.3, 0.4) is 0 Å². The number of ether oxygens (including phenoxy) is 1. The van der Waals surface area contributed by atoms with Crippen LogP contribution in [-0.4, -0.2) is 99.3 Å². The minimum absolute atomic E-state index is 0. The topological polar surface area (TPSA) is 43.3 Å². The number of hydrogen-bond donors (Lipinski definition) is 1. The molecule has 7 heteroatoms. The minimum Gasteiger partial charge on any atom is -0.378 e. The van der Waals surface area contributed by atoms with Crippen LogP contribution in [0.15, 0.2) is 4.99 Å². The Hall–Kier alpha value is -0.120. The summed E-state index contributed by atoms with van der Waals surface area (Å²) in [4.78, 5) is 12.0. The maximum Gasteiger partial charge on any atom is 0.193 e. The fraction of sp³-hybridized carbons (Fsp3) is 0.947. The van der Waals surface area contributed by atoms with Crippen molar-refractivity contribution in [2.75, 3.05) is 66.5 Å². The van der Waals surface area contributed by atoms with Crippen molar-refractivity contribution in [3.8, 4) is 0 Å². The van der Waals surface area contributed by atoms with Crippen molar-refractivity contribution in [1.82, 2.24) is 20.0 Å². The molecule has 1 N–H and O–H groups in total. The first-order valence-electron chi connectivity index (χ1n) is 10.0. The van der Waals surface area contributed by atoms with Crippen LogP contribution in [0.5, 0.6) is 0 Å². The third-order valence-corrected chi connectivity index (χ3v) is 5.60. The Labute approximate surface area is 177 Å². The van der Waals surface area contributed by atoms with E-state index in [1.54, 1.807) is 0 Å². The van der Waals surface area contributed by atoms with Gasteiger partial charge in [0.05, 0.1) is 6.10 Å². The predicted molar refractivity (Wildman–Crippen MR) is 121 cm³/mol. The molecule has 0 radical (unpaired) electrons. The molecular weight excluding hydrogens is 441 g/mol. The van der Waals surface area contributed by atoms with Crippen LogP contribution in [0.25, 0.3) is 0 Å². The molecule has 0 saturated carbocycles. The van der Waals surface area contributed by atoms with Crippen molar-refractivity contribution in [1.29, 1.82) is 0 Å². The van der Waals surface area contributed by atoms with E-state index in [0.717, 1.165) is 45.0 Å². The first-order valence-corrected chi connectivity index (χ1v) is 10.0. The number of likely N-dealkylation sites (tertiary alicyclic amines) is 1. The largest absolute Gasteiger partial charge is 0.378 e. The highest BCUT2D eigenvalue weighted by molar-refractivity contribution is 14.0. The summed E-state index contributed by atoms with van der Waals surface area (Å²) in [5.41, 5.74) is 0. The number of rotatable bonds is 6. The van der Waals surface area contributed by atoms with Gasteiger partial charge in [-0.2, -0.15) is 0 Å². The molecule has 26 heavy (non-hydrogen) atoms. The van der Waals surface area contributed by atoms with Gasteiger partial charge in [0.15, 0.2) is 5.96 Å². The summed E-state index contributed by atoms with van der Waals surface area (Å²) in [6.45, 7) is 15.3. The molecule has 2 rings (SSSR count). The maximum atomic E-state index is 5.76. The lowest BCUT2D eigenvalue weighted by Crippen LogP contribution is -2.56. The summed E-state index contributed by atoms with van der Waals surface area (Å²) >= 11 is 0. The highest BCUT2D eigenvalue weighted by atomic mass is 127. The van der Waals surface area contributed by atoms with E-state index < -0.39 is 0 Å². The fourth-order valence-electron chi connectivity index (χ4n) is 3.94. The van der Waals surface area contributed by atoms with Gasteiger partial charge in [-0.3, -0.25) is 9.89 Å². The molecule has 2 aliphatic heterocycles. The lowest BCUT2D eigenvalue weighted by atomic mass is 10.0. The molecule has 0 aromatic carbocycles. The minimum atomic E-state index is 0. The molecule has 2 aliphatic rings. The van der Waals surface area contributed by atoms with Crippen molar-refractivity contribution in [2.45, 2.75) is 45.8 Å². The van der Waals surface area contributed by atoms with Gasteiger partial charge in [-0.25, -0.2) is 0 Å². The lowest BCUT2D eigenvalue weighted by Gasteiger charge is -2.41. The van der Waals surface area contributed by atoms with Gasteiger partial charge < -0.3 is 19.9 Å². The molecule has 6 nitrogen and oxygen atoms in total. The normalized spacial score (nSPS) is 22.4. The Morgan fingerprint density at radius 3 is 2.23 bits per heavy atom. The van der Waals surface area contributed by atoms with Crippen molar-refractivity contribution in [3.63, 3.8) is 0 Å². The summed E-state index contributed by atoms with van der Waals surface area (Å²) in [7, 11) is 4.12. The number of nitrogens with zero attached hydrogens (tertiary/aromatic N) is 4. The number of piperazine rings is 1. The number of hydrogen-bond acceptors (Lipinski definition) is 4. The number of guanidine groups is 1. The predicted octanol–water partition coefficient (Wildman–Crippen LogP) is 1.95. The number of halogens is 1. The maximum absolute atomic E-state index is 5.76. The number of aliphatic imine (C=N–C) groups is 1. The lowest BCUT2D eigenvalue weighted by molar-refractivity contribution is 0.0262. The van der Waals surface area contributed by atoms with Crippen molar-refractivity contribution in [3.05, 3.63) is 0 Å². The fourth-order valence-corrected chi connectivity index (χ4v) is 3.94. The number of nitrogens with one attached hydrogen (secondary N) is 1. The van der Waals surface area contributed by atoms with Gasteiger partial charge in [0.2, 0.25) is 0 Å². The summed E-state index contributed by atoms with van der Waals surface area (Å²) in [6.07, 6.45) is 2.62. The van der Waals surface area contributed by atoms with Crippen LogP contribution in [0.1, 0.15) is 33.6 Å². The molecule has 0 amide bonds. The highest BCUT2D eigenvalue weighted by Gasteiger charge is 2.26. The average Bonchev–Trinajstić information content (AvgIpc) is 2.61. The van der Waals surface area contributed by atoms with Crippen LogP contribution in [0, 0.1) is 5.92 Å². The molecule has 154 valence electrons. The molecule has 0 spiro atoms. The quantitative estimate of drug-likeness (QED) is 0.357. The summed E-state index contributed by atoms with van der Waals surface area (Å²) in [6, 6.07) is 0.561. The van der Waals surface area contributed by atoms with Crippen LogP contribution in [0.2, 0.25) is 0 Å². The van der Waals surface area contributed by atoms with E-state index in [2.05, 4.69) is 52.8 Å². The second-order valence-corrected chi connectivity index (χ2v) is 7.72. The molecular formula is C19H40IN5O. The Kier molecular flexibility index (Phi) is 11.4.